The van der Waals surface area contributed by atoms with E-state index in [2.05, 4.69) is 16.8 Å². The highest BCUT2D eigenvalue weighted by Crippen LogP contribution is 2.23. The largest absolute Gasteiger partial charge is 0.341 e. The summed E-state index contributed by atoms with van der Waals surface area (Å²) in [6.45, 7) is 2.99. The van der Waals surface area contributed by atoms with Gasteiger partial charge in [-0.15, -0.1) is 5.92 Å². The lowest BCUT2D eigenvalue weighted by Crippen LogP contribution is -2.44. The number of rotatable bonds is 4. The Kier molecular flexibility index (Phi) is 6.03. The molecular formula is C23H24FN7O2. The van der Waals surface area contributed by atoms with Gasteiger partial charge >= 0.3 is 5.69 Å². The second-order valence-corrected chi connectivity index (χ2v) is 8.09. The minimum Gasteiger partial charge on any atom is -0.341 e. The highest BCUT2D eigenvalue weighted by molar-refractivity contribution is 5.75. The molecule has 9 nitrogen and oxygen atoms in total. The summed E-state index contributed by atoms with van der Waals surface area (Å²) < 4.78 is 17.8. The number of aromatic nitrogens is 4. The molecule has 0 bridgehead atoms. The fourth-order valence-corrected chi connectivity index (χ4v) is 4.21. The second-order valence-electron chi connectivity index (χ2n) is 8.09. The summed E-state index contributed by atoms with van der Waals surface area (Å²) in [5.74, 6) is 5.79. The van der Waals surface area contributed by atoms with Gasteiger partial charge in [0.05, 0.1) is 24.7 Å². The highest BCUT2D eigenvalue weighted by Gasteiger charge is 2.26. The van der Waals surface area contributed by atoms with Gasteiger partial charge in [-0.3, -0.25) is 18.5 Å². The van der Waals surface area contributed by atoms with Gasteiger partial charge in [-0.1, -0.05) is 5.92 Å². The molecule has 1 aliphatic heterocycles. The van der Waals surface area contributed by atoms with E-state index in [1.54, 1.807) is 11.5 Å². The smallest absolute Gasteiger partial charge is 0.332 e. The maximum absolute atomic E-state index is 13.8. The van der Waals surface area contributed by atoms with Crippen LogP contribution in [-0.2, 0) is 20.1 Å². The predicted octanol–water partition coefficient (Wildman–Crippen LogP) is 0.907. The van der Waals surface area contributed by atoms with E-state index in [-0.39, 0.29) is 41.4 Å². The van der Waals surface area contributed by atoms with E-state index in [4.69, 9.17) is 5.73 Å². The average Bonchev–Trinajstić information content (AvgIpc) is 3.19. The first-order valence-corrected chi connectivity index (χ1v) is 10.6. The van der Waals surface area contributed by atoms with Crippen molar-refractivity contribution in [1.29, 1.82) is 5.26 Å². The van der Waals surface area contributed by atoms with Gasteiger partial charge in [0.25, 0.3) is 5.56 Å². The number of anilines is 1. The van der Waals surface area contributed by atoms with Crippen LogP contribution in [0.3, 0.4) is 0 Å². The van der Waals surface area contributed by atoms with Gasteiger partial charge in [-0.2, -0.15) is 10.2 Å². The van der Waals surface area contributed by atoms with E-state index in [0.717, 1.165) is 30.0 Å². The Labute approximate surface area is 189 Å². The zero-order chi connectivity index (χ0) is 23.7. The summed E-state index contributed by atoms with van der Waals surface area (Å²) in [6, 6.07) is 5.63. The monoisotopic (exact) mass is 449 g/mol. The maximum Gasteiger partial charge on any atom is 0.332 e. The number of nitrogens with two attached hydrogens (primary N) is 1. The highest BCUT2D eigenvalue weighted by atomic mass is 19.1. The van der Waals surface area contributed by atoms with Crippen LogP contribution in [0.15, 0.2) is 27.8 Å². The molecule has 0 radical (unpaired) electrons. The maximum atomic E-state index is 13.8. The molecule has 170 valence electrons. The van der Waals surface area contributed by atoms with Crippen molar-refractivity contribution < 1.29 is 4.39 Å². The molecule has 1 atom stereocenters. The van der Waals surface area contributed by atoms with Gasteiger partial charge in [0.2, 0.25) is 5.95 Å². The lowest BCUT2D eigenvalue weighted by Gasteiger charge is -2.31. The SMILES string of the molecule is CC#CCn1c(N2CCCC(N)C2)nc2c1c(=O)n(Cc1cc(F)ccc1C#N)c(=O)n2C. The van der Waals surface area contributed by atoms with Crippen LogP contribution in [0.2, 0.25) is 0 Å². The number of benzene rings is 1. The number of nitriles is 1. The number of hydrogen-bond donors (Lipinski definition) is 1. The minimum absolute atomic E-state index is 0.0119. The molecule has 4 rings (SSSR count). The van der Waals surface area contributed by atoms with Crippen molar-refractivity contribution >= 4 is 17.1 Å². The lowest BCUT2D eigenvalue weighted by molar-refractivity contribution is 0.496. The Morgan fingerprint density at radius 2 is 2.09 bits per heavy atom. The Bertz CT molecular complexity index is 1450. The van der Waals surface area contributed by atoms with Crippen LogP contribution in [0.4, 0.5) is 10.3 Å². The lowest BCUT2D eigenvalue weighted by atomic mass is 10.1. The van der Waals surface area contributed by atoms with Crippen molar-refractivity contribution in [1.82, 2.24) is 18.7 Å². The molecule has 0 saturated carbocycles. The third-order valence-electron chi connectivity index (χ3n) is 5.88. The van der Waals surface area contributed by atoms with E-state index in [0.29, 0.717) is 12.5 Å². The van der Waals surface area contributed by atoms with Crippen LogP contribution in [0.25, 0.3) is 11.2 Å². The summed E-state index contributed by atoms with van der Waals surface area (Å²) in [6.07, 6.45) is 1.80. The first-order chi connectivity index (χ1) is 15.8. The van der Waals surface area contributed by atoms with Crippen LogP contribution in [0.5, 0.6) is 0 Å². The molecule has 1 saturated heterocycles. The van der Waals surface area contributed by atoms with Crippen molar-refractivity contribution in [2.45, 2.75) is 38.9 Å². The van der Waals surface area contributed by atoms with Crippen molar-refractivity contribution in [3.63, 3.8) is 0 Å². The Hall–Kier alpha value is -3.89. The summed E-state index contributed by atoms with van der Waals surface area (Å²) in [4.78, 5) is 33.3. The molecular weight excluding hydrogens is 425 g/mol. The summed E-state index contributed by atoms with van der Waals surface area (Å²) in [5, 5.41) is 9.37. The number of piperidine rings is 1. The molecule has 10 heteroatoms. The second kappa shape index (κ2) is 8.93. The number of fused-ring (bicyclic) bond motifs is 1. The van der Waals surface area contributed by atoms with Gasteiger partial charge in [0.1, 0.15) is 5.82 Å². The number of hydrogen-bond acceptors (Lipinski definition) is 6. The summed E-state index contributed by atoms with van der Waals surface area (Å²) >= 11 is 0. The number of imidazole rings is 1. The first kappa shape index (κ1) is 22.3. The molecule has 33 heavy (non-hydrogen) atoms. The van der Waals surface area contributed by atoms with Crippen LogP contribution < -0.4 is 21.9 Å². The standard InChI is InChI=1S/C23H24FN7O2/c1-3-4-10-30-19-20(27-22(30)29-9-5-6-18(26)14-29)28(2)23(33)31(21(19)32)13-16-11-17(24)8-7-15(16)12-25/h7-8,11,18H,5-6,9-10,13-14,26H2,1-2H3. The van der Waals surface area contributed by atoms with Gasteiger partial charge in [0.15, 0.2) is 11.2 Å². The molecule has 3 aromatic rings. The summed E-state index contributed by atoms with van der Waals surface area (Å²) in [5.41, 5.74) is 5.89. The van der Waals surface area contributed by atoms with Crippen LogP contribution >= 0.6 is 0 Å². The fourth-order valence-electron chi connectivity index (χ4n) is 4.21. The third-order valence-corrected chi connectivity index (χ3v) is 5.88. The minimum atomic E-state index is -0.603. The molecule has 0 amide bonds. The van der Waals surface area contributed by atoms with E-state index in [1.807, 2.05) is 11.0 Å². The van der Waals surface area contributed by atoms with Crippen LogP contribution in [-0.4, -0.2) is 37.8 Å². The average molecular weight is 449 g/mol. The number of nitrogens with zero attached hydrogens (tertiary/aromatic N) is 6. The molecule has 2 aromatic heterocycles. The summed E-state index contributed by atoms with van der Waals surface area (Å²) in [7, 11) is 1.53. The van der Waals surface area contributed by atoms with E-state index >= 15 is 0 Å². The van der Waals surface area contributed by atoms with Crippen molar-refractivity contribution in [2.24, 2.45) is 12.8 Å². The molecule has 3 heterocycles. The number of aryl methyl sites for hydroxylation is 1. The molecule has 2 N–H and O–H groups in total. The van der Waals surface area contributed by atoms with E-state index in [1.165, 1.54) is 23.7 Å². The molecule has 1 aliphatic rings. The first-order valence-electron chi connectivity index (χ1n) is 10.6. The Morgan fingerprint density at radius 1 is 1.30 bits per heavy atom. The van der Waals surface area contributed by atoms with Crippen molar-refractivity contribution in [2.75, 3.05) is 18.0 Å². The zero-order valence-corrected chi connectivity index (χ0v) is 18.5. The van der Waals surface area contributed by atoms with E-state index in [9.17, 15) is 19.2 Å². The van der Waals surface area contributed by atoms with Gasteiger partial charge in [-0.25, -0.2) is 9.18 Å². The quantitative estimate of drug-likeness (QED) is 0.592. The normalized spacial score (nSPS) is 15.8. The molecule has 1 unspecified atom stereocenters. The van der Waals surface area contributed by atoms with Crippen LogP contribution in [0, 0.1) is 29.0 Å². The fraction of sp³-hybridized carbons (Fsp3) is 0.391. The van der Waals surface area contributed by atoms with Gasteiger partial charge in [0, 0.05) is 26.2 Å². The Balaban J connectivity index is 1.95. The zero-order valence-electron chi connectivity index (χ0n) is 18.5. The molecule has 1 fully saturated rings. The predicted molar refractivity (Wildman–Crippen MR) is 122 cm³/mol. The van der Waals surface area contributed by atoms with Gasteiger partial charge < -0.3 is 10.6 Å². The topological polar surface area (TPSA) is 115 Å². The number of halogens is 1. The molecule has 0 aliphatic carbocycles. The third kappa shape index (κ3) is 4.01. The molecule has 0 spiro atoms. The van der Waals surface area contributed by atoms with Crippen molar-refractivity contribution in [3.8, 4) is 17.9 Å². The molecule has 1 aromatic carbocycles. The Morgan fingerprint density at radius 3 is 2.79 bits per heavy atom. The van der Waals surface area contributed by atoms with Crippen molar-refractivity contribution in [3.05, 3.63) is 56.0 Å². The van der Waals surface area contributed by atoms with Crippen LogP contribution in [0.1, 0.15) is 30.9 Å². The van der Waals surface area contributed by atoms with Gasteiger partial charge in [-0.05, 0) is 43.5 Å². The van der Waals surface area contributed by atoms with E-state index < -0.39 is 17.1 Å².